The van der Waals surface area contributed by atoms with Crippen LogP contribution in [0.4, 0.5) is 0 Å². The van der Waals surface area contributed by atoms with Gasteiger partial charge in [0.05, 0.1) is 6.10 Å². The van der Waals surface area contributed by atoms with E-state index < -0.39 is 10.0 Å². The van der Waals surface area contributed by atoms with E-state index in [-0.39, 0.29) is 21.8 Å². The third-order valence-corrected chi connectivity index (χ3v) is 6.75. The van der Waals surface area contributed by atoms with Crippen LogP contribution in [0.1, 0.15) is 32.1 Å². The SMILES string of the molecule is CCOC1CC(NS(=O)(=O)c2ccc(C#N)s2)C1(C)C. The van der Waals surface area contributed by atoms with Gasteiger partial charge in [0.1, 0.15) is 15.2 Å². The van der Waals surface area contributed by atoms with E-state index in [1.54, 1.807) is 0 Å². The molecule has 1 aromatic heterocycles. The smallest absolute Gasteiger partial charge is 0.250 e. The molecule has 5 nitrogen and oxygen atoms in total. The summed E-state index contributed by atoms with van der Waals surface area (Å²) in [6, 6.07) is 4.80. The Kier molecular flexibility index (Phi) is 4.21. The van der Waals surface area contributed by atoms with Gasteiger partial charge in [0.25, 0.3) is 0 Å². The molecule has 0 aliphatic heterocycles. The Morgan fingerprint density at radius 2 is 2.25 bits per heavy atom. The fourth-order valence-electron chi connectivity index (χ4n) is 2.34. The van der Waals surface area contributed by atoms with Crippen LogP contribution in [-0.4, -0.2) is 27.2 Å². The molecule has 7 heteroatoms. The molecule has 1 aliphatic carbocycles. The first-order chi connectivity index (χ1) is 9.31. The number of thiophene rings is 1. The third kappa shape index (κ3) is 2.74. The van der Waals surface area contributed by atoms with E-state index in [1.807, 2.05) is 26.8 Å². The largest absolute Gasteiger partial charge is 0.378 e. The van der Waals surface area contributed by atoms with Crippen molar-refractivity contribution in [1.29, 1.82) is 5.26 Å². The number of hydrogen-bond donors (Lipinski definition) is 1. The molecule has 0 saturated heterocycles. The van der Waals surface area contributed by atoms with Crippen LogP contribution in [0.3, 0.4) is 0 Å². The van der Waals surface area contributed by atoms with Crippen LogP contribution < -0.4 is 4.72 Å². The van der Waals surface area contributed by atoms with Gasteiger partial charge in [0.2, 0.25) is 10.0 Å². The Bertz CT molecular complexity index is 628. The number of ether oxygens (including phenoxy) is 1. The molecule has 0 spiro atoms. The third-order valence-electron chi connectivity index (χ3n) is 3.80. The first-order valence-electron chi connectivity index (χ1n) is 6.45. The average molecular weight is 314 g/mol. The number of nitrogens with one attached hydrogen (secondary N) is 1. The minimum atomic E-state index is -3.56. The molecule has 2 rings (SSSR count). The highest BCUT2D eigenvalue weighted by atomic mass is 32.2. The first kappa shape index (κ1) is 15.4. The van der Waals surface area contributed by atoms with E-state index in [4.69, 9.17) is 10.00 Å². The summed E-state index contributed by atoms with van der Waals surface area (Å²) in [5.41, 5.74) is -0.224. The van der Waals surface area contributed by atoms with Crippen LogP contribution in [0.5, 0.6) is 0 Å². The van der Waals surface area contributed by atoms with Crippen LogP contribution in [0, 0.1) is 16.7 Å². The highest BCUT2D eigenvalue weighted by Crippen LogP contribution is 2.43. The standard InChI is InChI=1S/C13H18N2O3S2/c1-4-18-11-7-10(13(11,2)3)15-20(16,17)12-6-5-9(8-14)19-12/h5-6,10-11,15H,4,7H2,1-3H3. The molecule has 2 unspecified atom stereocenters. The maximum absolute atomic E-state index is 12.3. The second-order valence-electron chi connectivity index (χ2n) is 5.41. The highest BCUT2D eigenvalue weighted by Gasteiger charge is 2.50. The number of nitrogens with zero attached hydrogens (tertiary/aromatic N) is 1. The van der Waals surface area contributed by atoms with Crippen molar-refractivity contribution in [2.24, 2.45) is 5.41 Å². The van der Waals surface area contributed by atoms with Gasteiger partial charge in [-0.15, -0.1) is 11.3 Å². The monoisotopic (exact) mass is 314 g/mol. The molecule has 0 radical (unpaired) electrons. The van der Waals surface area contributed by atoms with Crippen molar-refractivity contribution in [3.63, 3.8) is 0 Å². The van der Waals surface area contributed by atoms with Gasteiger partial charge in [-0.3, -0.25) is 0 Å². The van der Waals surface area contributed by atoms with Gasteiger partial charge in [-0.2, -0.15) is 5.26 Å². The Morgan fingerprint density at radius 3 is 2.75 bits per heavy atom. The Labute approximate surface area is 123 Å². The van der Waals surface area contributed by atoms with Crippen molar-refractivity contribution >= 4 is 21.4 Å². The quantitative estimate of drug-likeness (QED) is 0.902. The molecule has 1 heterocycles. The summed E-state index contributed by atoms with van der Waals surface area (Å²) >= 11 is 0.985. The number of rotatable bonds is 5. The van der Waals surface area contributed by atoms with Crippen molar-refractivity contribution in [1.82, 2.24) is 4.72 Å². The van der Waals surface area contributed by atoms with E-state index in [0.29, 0.717) is 17.9 Å². The summed E-state index contributed by atoms with van der Waals surface area (Å²) in [7, 11) is -3.56. The molecule has 1 N–H and O–H groups in total. The van der Waals surface area contributed by atoms with Crippen LogP contribution in [-0.2, 0) is 14.8 Å². The number of sulfonamides is 1. The van der Waals surface area contributed by atoms with Gasteiger partial charge in [0.15, 0.2) is 0 Å². The summed E-state index contributed by atoms with van der Waals surface area (Å²) in [6.45, 7) is 6.56. The molecule has 110 valence electrons. The van der Waals surface area contributed by atoms with Crippen molar-refractivity contribution in [2.45, 2.75) is 43.5 Å². The minimum absolute atomic E-state index is 0.0817. The van der Waals surface area contributed by atoms with Crippen molar-refractivity contribution in [2.75, 3.05) is 6.61 Å². The van der Waals surface area contributed by atoms with Gasteiger partial charge in [-0.25, -0.2) is 13.1 Å². The molecule has 20 heavy (non-hydrogen) atoms. The molecule has 0 aromatic carbocycles. The average Bonchev–Trinajstić information content (AvgIpc) is 2.87. The van der Waals surface area contributed by atoms with Crippen LogP contribution in [0.25, 0.3) is 0 Å². The number of nitriles is 1. The maximum atomic E-state index is 12.3. The van der Waals surface area contributed by atoms with Crippen molar-refractivity contribution in [3.8, 4) is 6.07 Å². The molecule has 1 fully saturated rings. The highest BCUT2D eigenvalue weighted by molar-refractivity contribution is 7.91. The molecule has 1 aromatic rings. The van der Waals surface area contributed by atoms with E-state index in [1.165, 1.54) is 12.1 Å². The van der Waals surface area contributed by atoms with Gasteiger partial charge < -0.3 is 4.74 Å². The predicted molar refractivity (Wildman–Crippen MR) is 77.0 cm³/mol. The Balaban J connectivity index is 2.09. The van der Waals surface area contributed by atoms with Crippen molar-refractivity contribution in [3.05, 3.63) is 17.0 Å². The maximum Gasteiger partial charge on any atom is 0.250 e. The van der Waals surface area contributed by atoms with Crippen LogP contribution in [0.2, 0.25) is 0 Å². The second-order valence-corrected chi connectivity index (χ2v) is 8.43. The zero-order valence-electron chi connectivity index (χ0n) is 11.7. The van der Waals surface area contributed by atoms with Crippen molar-refractivity contribution < 1.29 is 13.2 Å². The van der Waals surface area contributed by atoms with Gasteiger partial charge in [-0.1, -0.05) is 13.8 Å². The number of hydrogen-bond acceptors (Lipinski definition) is 5. The predicted octanol–water partition coefficient (Wildman–Crippen LogP) is 2.10. The molecular weight excluding hydrogens is 296 g/mol. The van der Waals surface area contributed by atoms with E-state index in [2.05, 4.69) is 4.72 Å². The summed E-state index contributed by atoms with van der Waals surface area (Å²) in [6.07, 6.45) is 0.759. The normalized spacial score (nSPS) is 24.9. The molecule has 0 amide bonds. The molecule has 2 atom stereocenters. The van der Waals surface area contributed by atoms with Gasteiger partial charge in [0, 0.05) is 18.1 Å². The fraction of sp³-hybridized carbons (Fsp3) is 0.615. The molecule has 0 bridgehead atoms. The van der Waals surface area contributed by atoms with E-state index in [9.17, 15) is 8.42 Å². The lowest BCUT2D eigenvalue weighted by Gasteiger charge is -2.51. The van der Waals surface area contributed by atoms with Gasteiger partial charge in [-0.05, 0) is 25.5 Å². The first-order valence-corrected chi connectivity index (χ1v) is 8.75. The zero-order chi connectivity index (χ0) is 15.0. The fourth-order valence-corrected chi connectivity index (χ4v) is 4.86. The van der Waals surface area contributed by atoms with Crippen LogP contribution >= 0.6 is 11.3 Å². The second kappa shape index (κ2) is 5.45. The van der Waals surface area contributed by atoms with E-state index in [0.717, 1.165) is 11.3 Å². The lowest BCUT2D eigenvalue weighted by atomic mass is 9.65. The Morgan fingerprint density at radius 1 is 1.55 bits per heavy atom. The summed E-state index contributed by atoms with van der Waals surface area (Å²) in [5, 5.41) is 8.76. The Hall–Kier alpha value is -0.940. The topological polar surface area (TPSA) is 79.2 Å². The lowest BCUT2D eigenvalue weighted by Crippen LogP contribution is -2.61. The molecule has 1 saturated carbocycles. The lowest BCUT2D eigenvalue weighted by molar-refractivity contribution is -0.108. The zero-order valence-corrected chi connectivity index (χ0v) is 13.3. The molecular formula is C13H18N2O3S2. The summed E-state index contributed by atoms with van der Waals surface area (Å²) in [5.74, 6) is 0. The molecule has 1 aliphatic rings. The summed E-state index contributed by atoms with van der Waals surface area (Å²) < 4.78 is 33.0. The minimum Gasteiger partial charge on any atom is -0.378 e. The van der Waals surface area contributed by atoms with E-state index >= 15 is 0 Å². The van der Waals surface area contributed by atoms with Crippen LogP contribution in [0.15, 0.2) is 16.3 Å². The summed E-state index contributed by atoms with van der Waals surface area (Å²) in [4.78, 5) is 0.394. The van der Waals surface area contributed by atoms with Gasteiger partial charge >= 0.3 is 0 Å².